The molecule has 0 bridgehead atoms. The molecule has 2 heterocycles. The first kappa shape index (κ1) is 12.9. The molecular weight excluding hydrogens is 274 g/mol. The van der Waals surface area contributed by atoms with Crippen LogP contribution in [0.15, 0.2) is 45.4 Å². The van der Waals surface area contributed by atoms with E-state index in [4.69, 9.17) is 9.05 Å². The maximum atomic E-state index is 12.0. The van der Waals surface area contributed by atoms with Crippen LogP contribution in [0.1, 0.15) is 16.3 Å². The van der Waals surface area contributed by atoms with Crippen molar-refractivity contribution in [1.82, 2.24) is 10.3 Å². The highest BCUT2D eigenvalue weighted by molar-refractivity contribution is 6.02. The first-order chi connectivity index (χ1) is 10.1. The number of phenolic OH excluding ortho intramolecular Hbond substituents is 1. The molecule has 0 spiro atoms. The van der Waals surface area contributed by atoms with Crippen LogP contribution in [0.3, 0.4) is 0 Å². The Morgan fingerprint density at radius 1 is 1.19 bits per heavy atom. The third-order valence-corrected chi connectivity index (χ3v) is 2.78. The fourth-order valence-electron chi connectivity index (χ4n) is 1.80. The lowest BCUT2D eigenvalue weighted by Crippen LogP contribution is -2.10. The van der Waals surface area contributed by atoms with Crippen LogP contribution in [0.2, 0.25) is 0 Å². The van der Waals surface area contributed by atoms with Crippen molar-refractivity contribution in [3.63, 3.8) is 0 Å². The second-order valence-electron chi connectivity index (χ2n) is 4.37. The SMILES string of the molecule is Cc1cc(NC(=O)c2cc(-c3ccccc3O)no2)no1. The molecule has 0 aliphatic carbocycles. The average Bonchev–Trinajstić information content (AvgIpc) is 3.09. The highest BCUT2D eigenvalue weighted by Gasteiger charge is 2.17. The number of para-hydroxylation sites is 1. The van der Waals surface area contributed by atoms with Gasteiger partial charge in [-0.3, -0.25) is 4.79 Å². The molecule has 0 aliphatic heterocycles. The van der Waals surface area contributed by atoms with Crippen molar-refractivity contribution in [2.75, 3.05) is 5.32 Å². The predicted octanol–water partition coefficient (Wildman–Crippen LogP) is 2.60. The second-order valence-corrected chi connectivity index (χ2v) is 4.37. The zero-order valence-corrected chi connectivity index (χ0v) is 11.0. The van der Waals surface area contributed by atoms with E-state index in [2.05, 4.69) is 15.6 Å². The second kappa shape index (κ2) is 5.12. The van der Waals surface area contributed by atoms with E-state index in [1.165, 1.54) is 12.1 Å². The Hall–Kier alpha value is -3.09. The van der Waals surface area contributed by atoms with Crippen molar-refractivity contribution in [2.45, 2.75) is 6.92 Å². The molecule has 21 heavy (non-hydrogen) atoms. The van der Waals surface area contributed by atoms with E-state index in [1.54, 1.807) is 31.2 Å². The number of hydrogen-bond donors (Lipinski definition) is 2. The van der Waals surface area contributed by atoms with Gasteiger partial charge in [-0.1, -0.05) is 22.4 Å². The monoisotopic (exact) mass is 285 g/mol. The highest BCUT2D eigenvalue weighted by Crippen LogP contribution is 2.28. The average molecular weight is 285 g/mol. The van der Waals surface area contributed by atoms with Crippen LogP contribution >= 0.6 is 0 Å². The molecule has 0 aliphatic rings. The summed E-state index contributed by atoms with van der Waals surface area (Å²) >= 11 is 0. The summed E-state index contributed by atoms with van der Waals surface area (Å²) in [6.45, 7) is 1.72. The molecule has 1 aromatic carbocycles. The fraction of sp³-hybridized carbons (Fsp3) is 0.0714. The minimum absolute atomic E-state index is 0.00825. The molecule has 7 nitrogen and oxygen atoms in total. The van der Waals surface area contributed by atoms with Crippen LogP contribution in [0, 0.1) is 6.92 Å². The van der Waals surface area contributed by atoms with Crippen LogP contribution in [0.25, 0.3) is 11.3 Å². The number of hydrogen-bond acceptors (Lipinski definition) is 6. The predicted molar refractivity (Wildman–Crippen MR) is 72.8 cm³/mol. The lowest BCUT2D eigenvalue weighted by molar-refractivity contribution is 0.0987. The minimum Gasteiger partial charge on any atom is -0.507 e. The van der Waals surface area contributed by atoms with Crippen LogP contribution in [-0.2, 0) is 0 Å². The number of benzene rings is 1. The number of nitrogens with zero attached hydrogens (tertiary/aromatic N) is 2. The van der Waals surface area contributed by atoms with Crippen molar-refractivity contribution >= 4 is 11.7 Å². The van der Waals surface area contributed by atoms with E-state index in [9.17, 15) is 9.90 Å². The zero-order chi connectivity index (χ0) is 14.8. The summed E-state index contributed by atoms with van der Waals surface area (Å²) in [5, 5.41) is 19.7. The largest absolute Gasteiger partial charge is 0.507 e. The fourth-order valence-corrected chi connectivity index (χ4v) is 1.80. The van der Waals surface area contributed by atoms with Crippen LogP contribution in [-0.4, -0.2) is 21.3 Å². The van der Waals surface area contributed by atoms with E-state index < -0.39 is 5.91 Å². The smallest absolute Gasteiger partial charge is 0.295 e. The molecule has 0 fully saturated rings. The van der Waals surface area contributed by atoms with Gasteiger partial charge in [-0.05, 0) is 19.1 Å². The summed E-state index contributed by atoms with van der Waals surface area (Å²) < 4.78 is 9.83. The maximum Gasteiger partial charge on any atom is 0.295 e. The van der Waals surface area contributed by atoms with Crippen molar-refractivity contribution in [1.29, 1.82) is 0 Å². The molecule has 0 saturated heterocycles. The van der Waals surface area contributed by atoms with Crippen LogP contribution in [0.5, 0.6) is 5.75 Å². The quantitative estimate of drug-likeness (QED) is 0.767. The molecule has 3 rings (SSSR count). The number of aromatic nitrogens is 2. The standard InChI is InChI=1S/C14H11N3O4/c1-8-6-13(17-20-8)15-14(19)12-7-10(16-21-12)9-4-2-3-5-11(9)18/h2-7,18H,1H3,(H,15,17,19). The molecule has 106 valence electrons. The van der Waals surface area contributed by atoms with Crippen molar-refractivity contribution in [3.8, 4) is 17.0 Å². The third-order valence-electron chi connectivity index (χ3n) is 2.78. The van der Waals surface area contributed by atoms with Gasteiger partial charge in [-0.25, -0.2) is 0 Å². The molecule has 2 aromatic heterocycles. The summed E-state index contributed by atoms with van der Waals surface area (Å²) in [4.78, 5) is 12.0. The zero-order valence-electron chi connectivity index (χ0n) is 11.0. The summed E-state index contributed by atoms with van der Waals surface area (Å²) in [7, 11) is 0. The summed E-state index contributed by atoms with van der Waals surface area (Å²) in [5.41, 5.74) is 0.854. The Morgan fingerprint density at radius 2 is 2.00 bits per heavy atom. The first-order valence-electron chi connectivity index (χ1n) is 6.13. The molecule has 7 heteroatoms. The molecule has 2 N–H and O–H groups in total. The number of anilines is 1. The summed E-state index contributed by atoms with van der Waals surface area (Å²) in [5.74, 6) is 0.437. The van der Waals surface area contributed by atoms with Gasteiger partial charge in [0.2, 0.25) is 5.76 Å². The number of amides is 1. The molecule has 0 atom stereocenters. The van der Waals surface area contributed by atoms with Gasteiger partial charge in [0, 0.05) is 17.7 Å². The number of aryl methyl sites for hydroxylation is 1. The van der Waals surface area contributed by atoms with E-state index in [-0.39, 0.29) is 17.3 Å². The molecule has 0 radical (unpaired) electrons. The van der Waals surface area contributed by atoms with Gasteiger partial charge in [-0.15, -0.1) is 0 Å². The van der Waals surface area contributed by atoms with Crippen LogP contribution < -0.4 is 5.32 Å². The number of aromatic hydroxyl groups is 1. The molecule has 1 amide bonds. The van der Waals surface area contributed by atoms with Gasteiger partial charge < -0.3 is 19.5 Å². The van der Waals surface area contributed by atoms with Gasteiger partial charge in [0.15, 0.2) is 5.82 Å². The summed E-state index contributed by atoms with van der Waals surface area (Å²) in [6.07, 6.45) is 0. The number of carbonyl (C=O) groups is 1. The molecule has 0 saturated carbocycles. The lowest BCUT2D eigenvalue weighted by Gasteiger charge is -1.97. The van der Waals surface area contributed by atoms with E-state index in [0.717, 1.165) is 0 Å². The number of rotatable bonds is 3. The normalized spacial score (nSPS) is 10.5. The van der Waals surface area contributed by atoms with Crippen molar-refractivity contribution in [2.24, 2.45) is 0 Å². The minimum atomic E-state index is -0.502. The Kier molecular flexibility index (Phi) is 3.15. The van der Waals surface area contributed by atoms with Gasteiger partial charge in [0.05, 0.1) is 0 Å². The van der Waals surface area contributed by atoms with Gasteiger partial charge in [-0.2, -0.15) is 0 Å². The Morgan fingerprint density at radius 3 is 2.71 bits per heavy atom. The molecule has 0 unspecified atom stereocenters. The van der Waals surface area contributed by atoms with Gasteiger partial charge in [0.25, 0.3) is 5.91 Å². The van der Waals surface area contributed by atoms with Crippen molar-refractivity contribution < 1.29 is 18.9 Å². The molecular formula is C14H11N3O4. The summed E-state index contributed by atoms with van der Waals surface area (Å²) in [6, 6.07) is 9.68. The van der Waals surface area contributed by atoms with Gasteiger partial charge in [0.1, 0.15) is 17.2 Å². The van der Waals surface area contributed by atoms with E-state index in [0.29, 0.717) is 17.0 Å². The molecule has 3 aromatic rings. The van der Waals surface area contributed by atoms with E-state index in [1.807, 2.05) is 0 Å². The van der Waals surface area contributed by atoms with Gasteiger partial charge >= 0.3 is 0 Å². The highest BCUT2D eigenvalue weighted by atomic mass is 16.5. The topological polar surface area (TPSA) is 101 Å². The number of phenols is 1. The third kappa shape index (κ3) is 2.62. The number of carbonyl (C=O) groups excluding carboxylic acids is 1. The Bertz CT molecular complexity index is 791. The Labute approximate surface area is 119 Å². The Balaban J connectivity index is 1.82. The van der Waals surface area contributed by atoms with E-state index >= 15 is 0 Å². The first-order valence-corrected chi connectivity index (χ1v) is 6.13. The number of nitrogens with one attached hydrogen (secondary N) is 1. The van der Waals surface area contributed by atoms with Crippen molar-refractivity contribution in [3.05, 3.63) is 47.9 Å². The lowest BCUT2D eigenvalue weighted by atomic mass is 10.1. The van der Waals surface area contributed by atoms with Crippen LogP contribution in [0.4, 0.5) is 5.82 Å². The maximum absolute atomic E-state index is 12.0.